The maximum atomic E-state index is 9.31. The van der Waals surface area contributed by atoms with E-state index in [0.29, 0.717) is 24.8 Å². The van der Waals surface area contributed by atoms with Crippen molar-refractivity contribution < 1.29 is 10.2 Å². The predicted octanol–water partition coefficient (Wildman–Crippen LogP) is -0.186. The lowest BCUT2D eigenvalue weighted by Crippen LogP contribution is -2.49. The number of hydrogen-bond acceptors (Lipinski definition) is 5. The van der Waals surface area contributed by atoms with E-state index in [2.05, 4.69) is 28.9 Å². The molecule has 1 aromatic heterocycles. The van der Waals surface area contributed by atoms with Crippen molar-refractivity contribution in [2.24, 2.45) is 0 Å². The van der Waals surface area contributed by atoms with E-state index in [-0.39, 0.29) is 0 Å². The first kappa shape index (κ1) is 14.0. The highest BCUT2D eigenvalue weighted by atomic mass is 16.3. The summed E-state index contributed by atoms with van der Waals surface area (Å²) in [5.74, 6) is 0.606. The number of anilines is 1. The molecule has 1 fully saturated rings. The van der Waals surface area contributed by atoms with Gasteiger partial charge in [-0.1, -0.05) is 0 Å². The Kier molecular flexibility index (Phi) is 5.40. The Bertz CT molecular complexity index is 302. The lowest BCUT2D eigenvalue weighted by Gasteiger charge is -2.35. The third kappa shape index (κ3) is 4.72. The molecule has 0 spiro atoms. The van der Waals surface area contributed by atoms with Gasteiger partial charge in [0.2, 0.25) is 0 Å². The molecule has 0 saturated carbocycles. The Hall–Kier alpha value is -1.11. The number of nitrogens with two attached hydrogens (primary N) is 1. The molecular weight excluding hydrogens is 220 g/mol. The number of nitrogens with one attached hydrogen (secondary N) is 1. The number of β-amino-alcohol motifs (C(OH)–C–C–N with tert-alkyl or cyclic N) is 1. The van der Waals surface area contributed by atoms with Gasteiger partial charge in [-0.15, -0.1) is 0 Å². The molecule has 6 nitrogen and oxygen atoms in total. The Morgan fingerprint density at radius 1 is 1.47 bits per heavy atom. The molecule has 2 unspecified atom stereocenters. The summed E-state index contributed by atoms with van der Waals surface area (Å²) >= 11 is 0. The van der Waals surface area contributed by atoms with Crippen LogP contribution in [0.3, 0.4) is 0 Å². The zero-order chi connectivity index (χ0) is 12.8. The fourth-order valence-electron chi connectivity index (χ4n) is 1.68. The summed E-state index contributed by atoms with van der Waals surface area (Å²) in [5.41, 5.74) is 5.16. The second-order valence-corrected chi connectivity index (χ2v) is 4.52. The molecule has 5 N–H and O–H groups in total. The Balaban J connectivity index is 0.000000202. The number of nitrogens with zero attached hydrogens (tertiary/aromatic N) is 2. The van der Waals surface area contributed by atoms with Gasteiger partial charge < -0.3 is 15.9 Å². The zero-order valence-corrected chi connectivity index (χ0v) is 10.4. The van der Waals surface area contributed by atoms with Gasteiger partial charge in [-0.25, -0.2) is 0 Å². The molecule has 0 amide bonds. The molecule has 2 atom stereocenters. The lowest BCUT2D eigenvalue weighted by molar-refractivity contribution is -0.0456. The smallest absolute Gasteiger partial charge is 0.118 e. The highest BCUT2D eigenvalue weighted by molar-refractivity contribution is 5.22. The summed E-state index contributed by atoms with van der Waals surface area (Å²) in [6.07, 6.45) is 1.24. The molecule has 1 aliphatic rings. The quantitative estimate of drug-likeness (QED) is 0.547. The number of likely N-dealkylation sites (tertiary alicyclic amines) is 1. The van der Waals surface area contributed by atoms with Crippen molar-refractivity contribution >= 4 is 5.82 Å². The minimum absolute atomic E-state index is 0.470. The topological polar surface area (TPSA) is 98.4 Å². The van der Waals surface area contributed by atoms with Crippen LogP contribution in [0.1, 0.15) is 20.3 Å². The number of aliphatic hydroxyl groups excluding tert-OH is 2. The van der Waals surface area contributed by atoms with Crippen LogP contribution in [-0.2, 0) is 0 Å². The molecule has 1 aromatic rings. The standard InChI is InChI=1S/C8H17NO2.C3H5N3/c1-6(2)9-4-3-7(10)8(11)5-9;4-3-1-2-5-6-3/h6-8,10-11H,3-5H2,1-2H3;1-2H,(H3,4,5,6). The molecule has 2 heterocycles. The number of aromatic nitrogens is 2. The largest absolute Gasteiger partial charge is 0.390 e. The average Bonchev–Trinajstić information content (AvgIpc) is 2.74. The first-order chi connectivity index (χ1) is 8.00. The fourth-order valence-corrected chi connectivity index (χ4v) is 1.68. The van der Waals surface area contributed by atoms with E-state index in [1.54, 1.807) is 12.3 Å². The number of rotatable bonds is 1. The molecule has 0 radical (unpaired) electrons. The van der Waals surface area contributed by atoms with Gasteiger partial charge in [-0.2, -0.15) is 5.10 Å². The van der Waals surface area contributed by atoms with Crippen LogP contribution in [0, 0.1) is 0 Å². The van der Waals surface area contributed by atoms with E-state index in [0.717, 1.165) is 6.54 Å². The summed E-state index contributed by atoms with van der Waals surface area (Å²) in [5, 5.41) is 24.6. The average molecular weight is 242 g/mol. The van der Waals surface area contributed by atoms with Crippen LogP contribution in [0.5, 0.6) is 0 Å². The first-order valence-electron chi connectivity index (χ1n) is 5.85. The predicted molar refractivity (Wildman–Crippen MR) is 66.3 cm³/mol. The normalized spacial score (nSPS) is 25.5. The van der Waals surface area contributed by atoms with E-state index < -0.39 is 12.2 Å². The van der Waals surface area contributed by atoms with Gasteiger partial charge in [0, 0.05) is 19.1 Å². The number of aliphatic hydroxyl groups is 2. The summed E-state index contributed by atoms with van der Waals surface area (Å²) in [6.45, 7) is 5.71. The van der Waals surface area contributed by atoms with Gasteiger partial charge in [0.05, 0.1) is 18.4 Å². The summed E-state index contributed by atoms with van der Waals surface area (Å²) in [4.78, 5) is 2.18. The number of nitrogen functional groups attached to an aromatic ring is 1. The van der Waals surface area contributed by atoms with Gasteiger partial charge >= 0.3 is 0 Å². The third-order valence-electron chi connectivity index (χ3n) is 2.83. The number of hydrogen-bond donors (Lipinski definition) is 4. The van der Waals surface area contributed by atoms with Crippen LogP contribution >= 0.6 is 0 Å². The van der Waals surface area contributed by atoms with E-state index in [4.69, 9.17) is 5.73 Å². The monoisotopic (exact) mass is 242 g/mol. The minimum atomic E-state index is -0.550. The van der Waals surface area contributed by atoms with Crippen LogP contribution in [0.15, 0.2) is 12.3 Å². The van der Waals surface area contributed by atoms with Crippen LogP contribution in [-0.4, -0.2) is 56.6 Å². The van der Waals surface area contributed by atoms with Gasteiger partial charge in [-0.05, 0) is 26.3 Å². The molecule has 0 bridgehead atoms. The highest BCUT2D eigenvalue weighted by Gasteiger charge is 2.26. The molecule has 0 aromatic carbocycles. The number of aromatic amines is 1. The van der Waals surface area contributed by atoms with E-state index in [1.807, 2.05) is 0 Å². The molecule has 6 heteroatoms. The molecule has 0 aliphatic carbocycles. The first-order valence-corrected chi connectivity index (χ1v) is 5.85. The second kappa shape index (κ2) is 6.58. The van der Waals surface area contributed by atoms with Crippen molar-refractivity contribution in [3.05, 3.63) is 12.3 Å². The van der Waals surface area contributed by atoms with Gasteiger partial charge in [0.15, 0.2) is 0 Å². The van der Waals surface area contributed by atoms with Crippen molar-refractivity contribution in [1.29, 1.82) is 0 Å². The minimum Gasteiger partial charge on any atom is -0.390 e. The van der Waals surface area contributed by atoms with Crippen LogP contribution < -0.4 is 5.73 Å². The van der Waals surface area contributed by atoms with E-state index in [1.165, 1.54) is 0 Å². The lowest BCUT2D eigenvalue weighted by atomic mass is 10.0. The van der Waals surface area contributed by atoms with Crippen LogP contribution in [0.2, 0.25) is 0 Å². The molecule has 1 aliphatic heterocycles. The van der Waals surface area contributed by atoms with E-state index in [9.17, 15) is 10.2 Å². The molecule has 2 rings (SSSR count). The van der Waals surface area contributed by atoms with Crippen LogP contribution in [0.25, 0.3) is 0 Å². The maximum Gasteiger partial charge on any atom is 0.118 e. The summed E-state index contributed by atoms with van der Waals surface area (Å²) in [7, 11) is 0. The summed E-state index contributed by atoms with van der Waals surface area (Å²) in [6, 6.07) is 2.16. The zero-order valence-electron chi connectivity index (χ0n) is 10.4. The van der Waals surface area contributed by atoms with Gasteiger partial charge in [0.25, 0.3) is 0 Å². The van der Waals surface area contributed by atoms with Crippen molar-refractivity contribution in [3.63, 3.8) is 0 Å². The summed E-state index contributed by atoms with van der Waals surface area (Å²) < 4.78 is 0. The fraction of sp³-hybridized carbons (Fsp3) is 0.727. The molecule has 1 saturated heterocycles. The number of H-pyrrole nitrogens is 1. The van der Waals surface area contributed by atoms with Gasteiger partial charge in [-0.3, -0.25) is 10.00 Å². The molecule has 98 valence electrons. The second-order valence-electron chi connectivity index (χ2n) is 4.52. The maximum absolute atomic E-state index is 9.31. The SMILES string of the molecule is CC(C)N1CCC(O)C(O)C1.Nc1ccn[nH]1. The Morgan fingerprint density at radius 3 is 2.53 bits per heavy atom. The molecular formula is C11H22N4O2. The van der Waals surface area contributed by atoms with Crippen molar-refractivity contribution in [2.45, 2.75) is 38.5 Å². The third-order valence-corrected chi connectivity index (χ3v) is 2.83. The van der Waals surface area contributed by atoms with E-state index >= 15 is 0 Å². The van der Waals surface area contributed by atoms with Crippen LogP contribution in [0.4, 0.5) is 5.82 Å². The Morgan fingerprint density at radius 2 is 2.18 bits per heavy atom. The molecule has 17 heavy (non-hydrogen) atoms. The van der Waals surface area contributed by atoms with Gasteiger partial charge in [0.1, 0.15) is 5.82 Å². The van der Waals surface area contributed by atoms with Crippen molar-refractivity contribution in [1.82, 2.24) is 15.1 Å². The number of piperidine rings is 1. The van der Waals surface area contributed by atoms with Crippen molar-refractivity contribution in [2.75, 3.05) is 18.8 Å². The Labute approximate surface area is 101 Å². The van der Waals surface area contributed by atoms with Crippen molar-refractivity contribution in [3.8, 4) is 0 Å². The highest BCUT2D eigenvalue weighted by Crippen LogP contribution is 2.12.